The van der Waals surface area contributed by atoms with Gasteiger partial charge >= 0.3 is 12.1 Å². The zero-order chi connectivity index (χ0) is 28.3. The number of nitrogens with zero attached hydrogens (tertiary/aromatic N) is 6. The number of aryl methyl sites for hydroxylation is 1. The van der Waals surface area contributed by atoms with Gasteiger partial charge in [0.05, 0.1) is 12.1 Å². The molecule has 2 fully saturated rings. The Bertz CT molecular complexity index is 1350. The lowest BCUT2D eigenvalue weighted by Crippen LogP contribution is -2.68. The van der Waals surface area contributed by atoms with Gasteiger partial charge in [0.25, 0.3) is 0 Å². The lowest BCUT2D eigenvalue weighted by Gasteiger charge is -2.46. The summed E-state index contributed by atoms with van der Waals surface area (Å²) < 4.78 is 20.7. The second-order valence-electron chi connectivity index (χ2n) is 11.0. The Morgan fingerprint density at radius 1 is 1.20 bits per heavy atom. The minimum Gasteiger partial charge on any atom is -0.442 e. The summed E-state index contributed by atoms with van der Waals surface area (Å²) in [6.07, 6.45) is 2.03. The first-order valence-electron chi connectivity index (χ1n) is 13.5. The lowest BCUT2D eigenvalue weighted by atomic mass is 9.88. The van der Waals surface area contributed by atoms with Crippen LogP contribution in [0.5, 0.6) is 0 Å². The number of halogens is 1. The van der Waals surface area contributed by atoms with Crippen molar-refractivity contribution in [3.8, 4) is 11.4 Å². The van der Waals surface area contributed by atoms with E-state index in [9.17, 15) is 14.0 Å². The molecule has 0 spiro atoms. The summed E-state index contributed by atoms with van der Waals surface area (Å²) in [5.74, 6) is 0.764. The molecule has 2 aromatic carbocycles. The van der Waals surface area contributed by atoms with E-state index in [1.807, 2.05) is 31.2 Å². The van der Waals surface area contributed by atoms with Gasteiger partial charge in [-0.05, 0) is 78.9 Å². The van der Waals surface area contributed by atoms with Crippen molar-refractivity contribution >= 4 is 17.8 Å². The van der Waals surface area contributed by atoms with Crippen molar-refractivity contribution in [2.45, 2.75) is 37.8 Å². The molecule has 2 N–H and O–H groups in total. The number of likely N-dealkylation sites (N-methyl/N-ethyl adjacent to an activating group) is 1. The highest BCUT2D eigenvalue weighted by atomic mass is 19.1. The molecule has 40 heavy (non-hydrogen) atoms. The average Bonchev–Trinajstić information content (AvgIpc) is 3.35. The Labute approximate surface area is 232 Å². The molecule has 12 heteroatoms. The van der Waals surface area contributed by atoms with Crippen molar-refractivity contribution in [1.82, 2.24) is 35.3 Å². The van der Waals surface area contributed by atoms with E-state index in [0.29, 0.717) is 30.5 Å². The second kappa shape index (κ2) is 11.6. The maximum Gasteiger partial charge on any atom is 0.409 e. The third-order valence-corrected chi connectivity index (χ3v) is 7.69. The minimum absolute atomic E-state index is 0.232. The van der Waals surface area contributed by atoms with E-state index in [2.05, 4.69) is 31.1 Å². The lowest BCUT2D eigenvalue weighted by molar-refractivity contribution is -0.0411. The van der Waals surface area contributed by atoms with E-state index in [4.69, 9.17) is 4.74 Å². The van der Waals surface area contributed by atoms with Crippen LogP contribution in [-0.2, 0) is 18.2 Å². The summed E-state index contributed by atoms with van der Waals surface area (Å²) >= 11 is 0. The predicted octanol–water partition coefficient (Wildman–Crippen LogP) is 3.30. The molecule has 0 bridgehead atoms. The van der Waals surface area contributed by atoms with Gasteiger partial charge in [-0.15, -0.1) is 5.10 Å². The van der Waals surface area contributed by atoms with Gasteiger partial charge in [-0.3, -0.25) is 4.90 Å². The first-order chi connectivity index (χ1) is 19.2. The zero-order valence-corrected chi connectivity index (χ0v) is 23.0. The normalized spacial score (nSPS) is 23.5. The number of carbonyl (C=O) groups is 2. The summed E-state index contributed by atoms with van der Waals surface area (Å²) in [5, 5.41) is 17.5. The molecule has 2 aliphatic heterocycles. The maximum atomic E-state index is 13.3. The van der Waals surface area contributed by atoms with Crippen LogP contribution in [0, 0.1) is 11.7 Å². The monoisotopic (exact) mass is 550 g/mol. The van der Waals surface area contributed by atoms with Crippen molar-refractivity contribution in [1.29, 1.82) is 0 Å². The van der Waals surface area contributed by atoms with Crippen molar-refractivity contribution in [2.24, 2.45) is 13.0 Å². The molecule has 2 aliphatic rings. The van der Waals surface area contributed by atoms with Crippen LogP contribution in [0.3, 0.4) is 0 Å². The molecule has 2 unspecified atom stereocenters. The Hall–Kier alpha value is -4.06. The van der Waals surface area contributed by atoms with Crippen molar-refractivity contribution in [2.75, 3.05) is 38.5 Å². The highest BCUT2D eigenvalue weighted by Crippen LogP contribution is 2.27. The number of urea groups is 1. The number of aromatic nitrogens is 4. The average molecular weight is 551 g/mol. The smallest absolute Gasteiger partial charge is 0.409 e. The van der Waals surface area contributed by atoms with Gasteiger partial charge in [-0.25, -0.2) is 18.7 Å². The first kappa shape index (κ1) is 27.5. The van der Waals surface area contributed by atoms with Crippen LogP contribution < -0.4 is 10.6 Å². The highest BCUT2D eigenvalue weighted by Gasteiger charge is 2.46. The van der Waals surface area contributed by atoms with Crippen LogP contribution in [0.15, 0.2) is 48.5 Å². The summed E-state index contributed by atoms with van der Waals surface area (Å²) in [4.78, 5) is 29.5. The van der Waals surface area contributed by atoms with E-state index < -0.39 is 23.8 Å². The number of rotatable bonds is 7. The van der Waals surface area contributed by atoms with Gasteiger partial charge in [0.15, 0.2) is 5.82 Å². The summed E-state index contributed by atoms with van der Waals surface area (Å²) in [6, 6.07) is 13.5. The number of tetrazole rings is 1. The van der Waals surface area contributed by atoms with Crippen LogP contribution >= 0.6 is 0 Å². The number of benzene rings is 2. The van der Waals surface area contributed by atoms with Gasteiger partial charge in [0.1, 0.15) is 11.9 Å². The van der Waals surface area contributed by atoms with Crippen molar-refractivity contribution < 1.29 is 18.7 Å². The number of amides is 3. The Morgan fingerprint density at radius 3 is 2.75 bits per heavy atom. The fourth-order valence-corrected chi connectivity index (χ4v) is 5.66. The quantitative estimate of drug-likeness (QED) is 0.464. The van der Waals surface area contributed by atoms with E-state index in [1.165, 1.54) is 17.0 Å². The molecule has 11 nitrogen and oxygen atoms in total. The molecular formula is C28H35FN8O3. The van der Waals surface area contributed by atoms with Crippen LogP contribution in [0.4, 0.5) is 19.7 Å². The number of carbonyl (C=O) groups excluding carboxylic acids is 2. The van der Waals surface area contributed by atoms with Crippen LogP contribution in [0.2, 0.25) is 0 Å². The zero-order valence-electron chi connectivity index (χ0n) is 23.0. The number of cyclic esters (lactones) is 1. The first-order valence-corrected chi connectivity index (χ1v) is 13.5. The Morgan fingerprint density at radius 2 is 2.00 bits per heavy atom. The van der Waals surface area contributed by atoms with Gasteiger partial charge < -0.3 is 20.3 Å². The number of anilines is 1. The molecule has 212 valence electrons. The van der Waals surface area contributed by atoms with Gasteiger partial charge in [0, 0.05) is 38.4 Å². The molecule has 3 atom stereocenters. The second-order valence-corrected chi connectivity index (χ2v) is 11.0. The Kier molecular flexibility index (Phi) is 7.97. The number of hydrogen-bond donors (Lipinski definition) is 2. The SMILES string of the molecule is CN1CC(C)(NC(=O)Nc2cccc(-c3nnnn3C)c2)C(CN2CCC[C@H](Cc3ccc(F)cc3)C2)OC1=O. The molecule has 2 saturated heterocycles. The van der Waals surface area contributed by atoms with E-state index in [-0.39, 0.29) is 5.82 Å². The van der Waals surface area contributed by atoms with Crippen molar-refractivity contribution in [3.63, 3.8) is 0 Å². The molecule has 0 aliphatic carbocycles. The third kappa shape index (κ3) is 6.39. The van der Waals surface area contributed by atoms with Gasteiger partial charge in [-0.2, -0.15) is 0 Å². The summed E-state index contributed by atoms with van der Waals surface area (Å²) in [7, 11) is 3.41. The molecule has 3 aromatic rings. The van der Waals surface area contributed by atoms with Gasteiger partial charge in [-0.1, -0.05) is 24.3 Å². The Balaban J connectivity index is 1.24. The van der Waals surface area contributed by atoms with E-state index in [0.717, 1.165) is 43.5 Å². The minimum atomic E-state index is -0.832. The molecule has 5 rings (SSSR count). The predicted molar refractivity (Wildman–Crippen MR) is 147 cm³/mol. The highest BCUT2D eigenvalue weighted by molar-refractivity contribution is 5.90. The molecule has 3 amide bonds. The summed E-state index contributed by atoms with van der Waals surface area (Å²) in [5.41, 5.74) is 1.63. The number of hydrogen-bond acceptors (Lipinski definition) is 7. The number of piperidine rings is 1. The third-order valence-electron chi connectivity index (χ3n) is 7.69. The molecular weight excluding hydrogens is 515 g/mol. The van der Waals surface area contributed by atoms with Crippen LogP contribution in [0.25, 0.3) is 11.4 Å². The fraction of sp³-hybridized carbons (Fsp3) is 0.464. The largest absolute Gasteiger partial charge is 0.442 e. The fourth-order valence-electron chi connectivity index (χ4n) is 5.66. The van der Waals surface area contributed by atoms with E-state index in [1.54, 1.807) is 30.9 Å². The molecule has 3 heterocycles. The van der Waals surface area contributed by atoms with Crippen LogP contribution in [0.1, 0.15) is 25.3 Å². The maximum absolute atomic E-state index is 13.3. The van der Waals surface area contributed by atoms with Crippen LogP contribution in [-0.4, -0.2) is 87.0 Å². The molecule has 1 aromatic heterocycles. The summed E-state index contributed by atoms with van der Waals surface area (Å²) in [6.45, 7) is 4.44. The van der Waals surface area contributed by atoms with Gasteiger partial charge in [0.2, 0.25) is 0 Å². The topological polar surface area (TPSA) is 118 Å². The van der Waals surface area contributed by atoms with Crippen molar-refractivity contribution in [3.05, 3.63) is 59.9 Å². The molecule has 0 radical (unpaired) electrons. The number of nitrogens with one attached hydrogen (secondary N) is 2. The number of likely N-dealkylation sites (tertiary alicyclic amines) is 1. The molecule has 0 saturated carbocycles. The standard InChI is InChI=1S/C28H35FN8O3/c1-28(31-26(38)30-23-8-4-7-21(15-23)25-32-33-34-36(25)3)18-35(2)27(39)40-24(28)17-37-13-5-6-20(16-37)14-19-9-11-22(29)12-10-19/h4,7-12,15,20,24H,5-6,13-14,16-18H2,1-3H3,(H2,30,31,38)/t20-,24?,28?/m1/s1. The number of ether oxygens (including phenoxy) is 1. The van der Waals surface area contributed by atoms with E-state index >= 15 is 0 Å².